The third kappa shape index (κ3) is 14.9. The van der Waals surface area contributed by atoms with Crippen molar-refractivity contribution in [3.05, 3.63) is 65.8 Å². The molecular formula is C44H68N2O12. The van der Waals surface area contributed by atoms with Gasteiger partial charge in [-0.15, -0.1) is 0 Å². The summed E-state index contributed by atoms with van der Waals surface area (Å²) in [6.45, 7) is 16.1. The number of benzene rings is 1. The number of hydrogen-bond donors (Lipinski definition) is 5. The molecule has 11 atom stereocenters. The fourth-order valence-corrected chi connectivity index (χ4v) is 7.73. The number of methoxy groups -OCH3 is 1. The van der Waals surface area contributed by atoms with Crippen molar-refractivity contribution in [3.8, 4) is 0 Å². The normalized spacial score (nSPS) is 30.4. The van der Waals surface area contributed by atoms with Gasteiger partial charge in [0.05, 0.1) is 43.0 Å². The van der Waals surface area contributed by atoms with Crippen LogP contribution in [0.5, 0.6) is 0 Å². The molecule has 2 fully saturated rings. The first-order chi connectivity index (χ1) is 27.5. The maximum atomic E-state index is 13.0. The Hall–Kier alpha value is -3.63. The van der Waals surface area contributed by atoms with Gasteiger partial charge < -0.3 is 54.3 Å². The Bertz CT molecular complexity index is 1510. The van der Waals surface area contributed by atoms with Gasteiger partial charge in [-0.05, 0) is 75.8 Å². The topological polar surface area (TPSA) is 197 Å². The summed E-state index contributed by atoms with van der Waals surface area (Å²) < 4.78 is 29.0. The lowest BCUT2D eigenvalue weighted by molar-refractivity contribution is -0.157. The van der Waals surface area contributed by atoms with Crippen molar-refractivity contribution >= 4 is 24.1 Å². The number of carboxylic acid groups (broad SMARTS) is 1. The first-order valence-corrected chi connectivity index (χ1v) is 20.4. The minimum atomic E-state index is -1.46. The molecule has 3 aliphatic rings. The van der Waals surface area contributed by atoms with E-state index in [1.807, 2.05) is 13.8 Å². The molecule has 4 rings (SSSR count). The van der Waals surface area contributed by atoms with Crippen molar-refractivity contribution < 1.29 is 58.5 Å². The smallest absolute Gasteiger partial charge is 0.309 e. The summed E-state index contributed by atoms with van der Waals surface area (Å²) in [5.41, 5.74) is 0.133. The summed E-state index contributed by atoms with van der Waals surface area (Å²) in [6, 6.07) is 8.04. The fourth-order valence-electron chi connectivity index (χ4n) is 7.73. The number of hydrogen-bond acceptors (Lipinski definition) is 13. The number of aliphatic hydroxyl groups is 3. The molecule has 3 heterocycles. The average Bonchev–Trinajstić information content (AvgIpc) is 4.00. The van der Waals surface area contributed by atoms with Crippen molar-refractivity contribution in [3.63, 3.8) is 0 Å². The molecule has 14 heteroatoms. The molecule has 1 aromatic carbocycles. The molecule has 5 N–H and O–H groups in total. The number of anilines is 1. The van der Waals surface area contributed by atoms with Gasteiger partial charge in [0.1, 0.15) is 23.9 Å². The van der Waals surface area contributed by atoms with Gasteiger partial charge in [0.25, 0.3) is 6.47 Å². The van der Waals surface area contributed by atoms with Crippen LogP contribution in [0.3, 0.4) is 0 Å². The van der Waals surface area contributed by atoms with Gasteiger partial charge in [0.15, 0.2) is 0 Å². The van der Waals surface area contributed by atoms with Gasteiger partial charge in [0.2, 0.25) is 0 Å². The van der Waals surface area contributed by atoms with Crippen molar-refractivity contribution in [1.82, 2.24) is 5.32 Å². The Morgan fingerprint density at radius 3 is 2.48 bits per heavy atom. The predicted molar refractivity (Wildman–Crippen MR) is 220 cm³/mol. The van der Waals surface area contributed by atoms with E-state index in [1.165, 1.54) is 6.92 Å². The number of carbonyl (C=O) groups excluding carboxylic acids is 2. The van der Waals surface area contributed by atoms with Crippen molar-refractivity contribution in [2.45, 2.75) is 141 Å². The second-order valence-electron chi connectivity index (χ2n) is 16.1. The van der Waals surface area contributed by atoms with Crippen molar-refractivity contribution in [2.24, 2.45) is 11.8 Å². The van der Waals surface area contributed by atoms with Gasteiger partial charge in [-0.2, -0.15) is 0 Å². The van der Waals surface area contributed by atoms with E-state index < -0.39 is 47.5 Å². The molecule has 0 spiro atoms. The van der Waals surface area contributed by atoms with Gasteiger partial charge in [-0.3, -0.25) is 14.4 Å². The lowest BCUT2D eigenvalue weighted by Gasteiger charge is -2.32. The van der Waals surface area contributed by atoms with Gasteiger partial charge in [0, 0.05) is 57.8 Å². The van der Waals surface area contributed by atoms with Crippen LogP contribution in [0, 0.1) is 11.8 Å². The Morgan fingerprint density at radius 1 is 1.16 bits per heavy atom. The first-order valence-electron chi connectivity index (χ1n) is 20.4. The molecule has 58 heavy (non-hydrogen) atoms. The number of nitrogens with zero attached hydrogens (tertiary/aromatic N) is 1. The van der Waals surface area contributed by atoms with Crippen LogP contribution < -0.4 is 10.2 Å². The molecule has 0 aromatic heterocycles. The van der Waals surface area contributed by atoms with Crippen LogP contribution in [0.25, 0.3) is 0 Å². The third-order valence-electron chi connectivity index (χ3n) is 11.2. The van der Waals surface area contributed by atoms with Crippen LogP contribution in [0.4, 0.5) is 5.69 Å². The van der Waals surface area contributed by atoms with E-state index in [-0.39, 0.29) is 55.9 Å². The second-order valence-corrected chi connectivity index (χ2v) is 16.1. The summed E-state index contributed by atoms with van der Waals surface area (Å²) >= 11 is 0. The zero-order valence-electron chi connectivity index (χ0n) is 35.5. The number of allylic oxidation sites excluding steroid dienone is 2. The van der Waals surface area contributed by atoms with E-state index >= 15 is 0 Å². The molecule has 0 saturated carbocycles. The number of esters is 2. The molecule has 3 aliphatic heterocycles. The highest BCUT2D eigenvalue weighted by atomic mass is 16.6. The third-order valence-corrected chi connectivity index (χ3v) is 11.2. The van der Waals surface area contributed by atoms with Crippen LogP contribution >= 0.6 is 0 Å². The molecular weight excluding hydrogens is 748 g/mol. The van der Waals surface area contributed by atoms with Gasteiger partial charge in [-0.1, -0.05) is 57.2 Å². The van der Waals surface area contributed by atoms with E-state index in [2.05, 4.69) is 48.3 Å². The quantitative estimate of drug-likeness (QED) is 0.0579. The largest absolute Gasteiger partial charge is 0.483 e. The van der Waals surface area contributed by atoms with Crippen LogP contribution in [0.2, 0.25) is 0 Å². The number of rotatable bonds is 14. The summed E-state index contributed by atoms with van der Waals surface area (Å²) in [6.07, 6.45) is 7.43. The van der Waals surface area contributed by atoms with Crippen LogP contribution in [-0.4, -0.2) is 126 Å². The lowest BCUT2D eigenvalue weighted by atomic mass is 9.87. The van der Waals surface area contributed by atoms with E-state index in [4.69, 9.17) is 33.6 Å². The summed E-state index contributed by atoms with van der Waals surface area (Å²) in [5, 5.41) is 44.3. The number of cyclic esters (lactones) is 1. The number of carbonyl (C=O) groups is 3. The maximum absolute atomic E-state index is 13.0. The zero-order chi connectivity index (χ0) is 43.0. The number of nitrogens with one attached hydrogen (secondary N) is 1. The molecule has 0 bridgehead atoms. The highest BCUT2D eigenvalue weighted by Gasteiger charge is 2.54. The SMILES string of the molecule is CC[C@H](OC)[C@@H](C)[C@H]1O[C@@H]1C(NCc1ccc(N2CCCOCC2)cc1)C(C)(O)/C=C/C=C(\C)C1OC(=O)C[C@H](O)CC[C@@](C)(O)[C@@H](OC(C)=O)/C=C/[C@@H]1C.O=CO. The molecule has 0 radical (unpaired) electrons. The molecule has 0 aliphatic carbocycles. The van der Waals surface area contributed by atoms with Gasteiger partial charge >= 0.3 is 11.9 Å². The molecule has 326 valence electrons. The van der Waals surface area contributed by atoms with Gasteiger partial charge in [-0.25, -0.2) is 0 Å². The Balaban J connectivity index is 0.00000291. The van der Waals surface area contributed by atoms with E-state index in [9.17, 15) is 24.9 Å². The summed E-state index contributed by atoms with van der Waals surface area (Å²) in [5.74, 6) is -1.38. The molecule has 14 nitrogen and oxygen atoms in total. The average molecular weight is 817 g/mol. The fraction of sp³-hybridized carbons (Fsp3) is 0.659. The van der Waals surface area contributed by atoms with E-state index in [0.717, 1.165) is 50.4 Å². The van der Waals surface area contributed by atoms with E-state index in [0.29, 0.717) is 12.1 Å². The Kier molecular flexibility index (Phi) is 19.5. The minimum absolute atomic E-state index is 0.0277. The predicted octanol–water partition coefficient (Wildman–Crippen LogP) is 4.49. The monoisotopic (exact) mass is 816 g/mol. The first kappa shape index (κ1) is 48.7. The maximum Gasteiger partial charge on any atom is 0.309 e. The van der Waals surface area contributed by atoms with Crippen molar-refractivity contribution in [2.75, 3.05) is 38.3 Å². The molecule has 2 saturated heterocycles. The molecule has 0 amide bonds. The summed E-state index contributed by atoms with van der Waals surface area (Å²) in [7, 11) is 1.72. The highest BCUT2D eigenvalue weighted by Crippen LogP contribution is 2.39. The second kappa shape index (κ2) is 23.2. The number of epoxide rings is 1. The Labute approximate surface area is 344 Å². The zero-order valence-corrected chi connectivity index (χ0v) is 35.5. The van der Waals surface area contributed by atoms with Crippen LogP contribution in [0.1, 0.15) is 86.1 Å². The molecule has 3 unspecified atom stereocenters. The van der Waals surface area contributed by atoms with E-state index in [1.54, 1.807) is 51.3 Å². The Morgan fingerprint density at radius 2 is 1.84 bits per heavy atom. The standard InChI is InChI=1S/C43H66N2O10.CH2O2/c1-9-35(51-8)30(4)39-40(55-39)41(44-27-32-14-16-33(17-15-32)45-22-11-24-52-25-23-45)43(7,50)20-10-12-28(2)38-29(3)13-18-36(53-31(5)46)42(6,49)21-19-34(47)26-37(48)54-38;2-1-3/h10,12-18,20,29-30,34-36,38-41,44,47,49-50H,9,11,19,21-27H2,1-8H3;1H,(H,2,3)/b18-13+,20-10+,28-12+;/t29-,30+,34+,35-,36-,38?,39+,40-,41?,42+,43?;/m0./s1. The highest BCUT2D eigenvalue weighted by molar-refractivity contribution is 5.70. The van der Waals surface area contributed by atoms with Crippen LogP contribution in [0.15, 0.2) is 60.2 Å². The number of ether oxygens (including phenoxy) is 5. The van der Waals surface area contributed by atoms with Crippen molar-refractivity contribution in [1.29, 1.82) is 0 Å². The lowest BCUT2D eigenvalue weighted by Crippen LogP contribution is -2.52. The minimum Gasteiger partial charge on any atom is -0.483 e. The molecule has 1 aromatic rings. The number of aliphatic hydroxyl groups excluding tert-OH is 1. The van der Waals surface area contributed by atoms with Crippen LogP contribution in [-0.2, 0) is 44.6 Å². The summed E-state index contributed by atoms with van der Waals surface area (Å²) in [4.78, 5) is 35.5.